The molecule has 0 aliphatic rings. The minimum Gasteiger partial charge on any atom is -0.494 e. The van der Waals surface area contributed by atoms with Gasteiger partial charge < -0.3 is 4.74 Å². The maximum Gasteiger partial charge on any atom is 0.448 e. The maximum absolute atomic E-state index is 13.9. The molecule has 12 heteroatoms. The molecule has 0 unspecified atom stereocenters. The third-order valence-electron chi connectivity index (χ3n) is 4.82. The summed E-state index contributed by atoms with van der Waals surface area (Å²) in [5, 5.41) is -7.55. The fourth-order valence-corrected chi connectivity index (χ4v) is 3.49. The quantitative estimate of drug-likeness (QED) is 0.155. The molecule has 0 amide bonds. The van der Waals surface area contributed by atoms with Gasteiger partial charge in [-0.1, -0.05) is 64.2 Å². The second-order valence-electron chi connectivity index (χ2n) is 7.70. The van der Waals surface area contributed by atoms with E-state index in [0.29, 0.717) is 17.9 Å². The molecule has 2 rings (SSSR count). The van der Waals surface area contributed by atoms with Gasteiger partial charge in [0.05, 0.1) is 12.3 Å². The predicted molar refractivity (Wildman–Crippen MR) is 116 cm³/mol. The van der Waals surface area contributed by atoms with Gasteiger partial charge in [0.1, 0.15) is 5.75 Å². The molecule has 0 saturated carbocycles. The van der Waals surface area contributed by atoms with Crippen molar-refractivity contribution in [3.05, 3.63) is 59.7 Å². The molecule has 2 aromatic rings. The molecule has 0 N–H and O–H groups in total. The summed E-state index contributed by atoms with van der Waals surface area (Å²) in [7, 11) is -11.9. The van der Waals surface area contributed by atoms with Crippen LogP contribution in [0.15, 0.2) is 53.5 Å². The molecule has 0 spiro atoms. The van der Waals surface area contributed by atoms with Crippen LogP contribution in [-0.2, 0) is 5.92 Å². The number of alkyl halides is 4. The van der Waals surface area contributed by atoms with Crippen LogP contribution in [0.2, 0.25) is 0 Å². The average Bonchev–Trinajstić information content (AvgIpc) is 2.74. The van der Waals surface area contributed by atoms with Crippen molar-refractivity contribution in [1.29, 1.82) is 0 Å². The van der Waals surface area contributed by atoms with Crippen LogP contribution < -0.4 is 4.74 Å². The van der Waals surface area contributed by atoms with Gasteiger partial charge in [-0.05, 0) is 48.4 Å². The monoisotopic (exact) mass is 521 g/mol. The van der Waals surface area contributed by atoms with Crippen LogP contribution in [0.5, 0.6) is 5.75 Å². The van der Waals surface area contributed by atoms with Crippen molar-refractivity contribution in [3.63, 3.8) is 0 Å². The van der Waals surface area contributed by atoms with E-state index >= 15 is 0 Å². The highest BCUT2D eigenvalue weighted by Gasteiger charge is 2.91. The van der Waals surface area contributed by atoms with Crippen LogP contribution in [0.1, 0.15) is 50.2 Å². The summed E-state index contributed by atoms with van der Waals surface area (Å²) < 4.78 is 123. The number of nitrogens with zero attached hydrogens (tertiary/aromatic N) is 1. The van der Waals surface area contributed by atoms with E-state index in [9.17, 15) is 37.0 Å². The Balaban J connectivity index is 2.10. The fourth-order valence-electron chi connectivity index (χ4n) is 2.89. The molecule has 34 heavy (non-hydrogen) atoms. The van der Waals surface area contributed by atoms with E-state index < -0.39 is 32.7 Å². The molecular weight excluding hydrogens is 497 g/mol. The Hall–Kier alpha value is -2.37. The smallest absolute Gasteiger partial charge is 0.448 e. The zero-order chi connectivity index (χ0) is 25.7. The Bertz CT molecular complexity index is 990. The third-order valence-corrected chi connectivity index (χ3v) is 6.04. The van der Waals surface area contributed by atoms with Crippen LogP contribution in [0.3, 0.4) is 0 Å². The summed E-state index contributed by atoms with van der Waals surface area (Å²) in [5.41, 5.74) is -1.92. The number of aliphatic imine (C=N–C) groups is 1. The van der Waals surface area contributed by atoms with Gasteiger partial charge in [0.2, 0.25) is 0 Å². The lowest BCUT2D eigenvalue weighted by atomic mass is 10.1. The molecule has 0 fully saturated rings. The molecule has 0 aromatic heterocycles. The Morgan fingerprint density at radius 2 is 1.47 bits per heavy atom. The Morgan fingerprint density at radius 1 is 0.853 bits per heavy atom. The lowest BCUT2D eigenvalue weighted by Crippen LogP contribution is -2.46. The highest BCUT2D eigenvalue weighted by atomic mass is 32.5. The van der Waals surface area contributed by atoms with E-state index in [2.05, 4.69) is 11.9 Å². The molecule has 0 saturated heterocycles. The van der Waals surface area contributed by atoms with Gasteiger partial charge in [-0.3, -0.25) is 4.99 Å². The number of halogens is 9. The predicted octanol–water partition coefficient (Wildman–Crippen LogP) is 9.77. The zero-order valence-electron chi connectivity index (χ0n) is 18.1. The SMILES string of the molecule is CCCCCCCOc1ccc(C=Nc2cccc(C(F)(F)C(F)(F)S(F)(F)(F)(F)F)c2)cc1. The van der Waals surface area contributed by atoms with E-state index in [1.165, 1.54) is 0 Å². The van der Waals surface area contributed by atoms with Crippen molar-refractivity contribution in [2.24, 2.45) is 4.99 Å². The molecule has 0 bridgehead atoms. The van der Waals surface area contributed by atoms with Gasteiger partial charge in [-0.15, -0.1) is 0 Å². The van der Waals surface area contributed by atoms with Gasteiger partial charge in [-0.25, -0.2) is 0 Å². The Kier molecular flexibility index (Phi) is 7.66. The summed E-state index contributed by atoms with van der Waals surface area (Å²) in [4.78, 5) is 3.76. The fraction of sp³-hybridized carbons (Fsp3) is 0.409. The van der Waals surface area contributed by atoms with Crippen LogP contribution in [0, 0.1) is 0 Å². The van der Waals surface area contributed by atoms with Crippen LogP contribution in [0.25, 0.3) is 0 Å². The van der Waals surface area contributed by atoms with Crippen molar-refractivity contribution < 1.29 is 41.7 Å². The molecular formula is C22H24F9NOS. The molecule has 0 heterocycles. The topological polar surface area (TPSA) is 21.6 Å². The van der Waals surface area contributed by atoms with Gasteiger partial charge in [0, 0.05) is 11.8 Å². The standard InChI is InChI=1S/C22H24F9NOS/c1-2-3-4-5-6-14-33-20-12-10-17(11-13-20)16-32-19-9-7-8-18(15-19)21(23,24)22(25,26)34(27,28,29,30)31/h7-13,15-16H,2-6,14H2,1H3. The Labute approximate surface area is 191 Å². The number of benzene rings is 2. The minimum absolute atomic E-state index is 0.198. The molecule has 2 nitrogen and oxygen atoms in total. The second-order valence-corrected chi connectivity index (χ2v) is 10.2. The van der Waals surface area contributed by atoms with Crippen LogP contribution in [-0.4, -0.2) is 18.1 Å². The second kappa shape index (κ2) is 9.35. The molecule has 0 aliphatic heterocycles. The largest absolute Gasteiger partial charge is 0.494 e. The van der Waals surface area contributed by atoms with Crippen molar-refractivity contribution in [2.45, 2.75) is 50.2 Å². The first-order chi connectivity index (χ1) is 15.5. The van der Waals surface area contributed by atoms with E-state index in [0.717, 1.165) is 50.5 Å². The van der Waals surface area contributed by atoms with E-state index in [1.54, 1.807) is 24.3 Å². The van der Waals surface area contributed by atoms with Gasteiger partial charge in [-0.2, -0.15) is 17.6 Å². The number of ether oxygens (including phenoxy) is 1. The normalized spacial score (nSPS) is 15.2. The average molecular weight is 521 g/mol. The number of hydrogen-bond acceptors (Lipinski definition) is 2. The molecule has 0 atom stereocenters. The highest BCUT2D eigenvalue weighted by Crippen LogP contribution is 3.06. The van der Waals surface area contributed by atoms with Crippen molar-refractivity contribution >= 4 is 22.1 Å². The van der Waals surface area contributed by atoms with Gasteiger partial charge in [0.15, 0.2) is 0 Å². The lowest BCUT2D eigenvalue weighted by molar-refractivity contribution is -0.181. The summed E-state index contributed by atoms with van der Waals surface area (Å²) in [6, 6.07) is 8.53. The van der Waals surface area contributed by atoms with Gasteiger partial charge >= 0.3 is 21.4 Å². The number of unbranched alkanes of at least 4 members (excludes halogenated alkanes) is 4. The highest BCUT2D eigenvalue weighted by molar-refractivity contribution is 8.46. The first-order valence-corrected chi connectivity index (χ1v) is 12.3. The van der Waals surface area contributed by atoms with E-state index in [-0.39, 0.29) is 12.1 Å². The van der Waals surface area contributed by atoms with Crippen LogP contribution in [0.4, 0.5) is 42.7 Å². The first-order valence-electron chi connectivity index (χ1n) is 10.3. The molecule has 0 radical (unpaired) electrons. The van der Waals surface area contributed by atoms with Crippen molar-refractivity contribution in [1.82, 2.24) is 0 Å². The summed E-state index contributed by atoms with van der Waals surface area (Å²) in [6.07, 6.45) is 6.51. The van der Waals surface area contributed by atoms with E-state index in [1.807, 2.05) is 0 Å². The molecule has 2 aromatic carbocycles. The number of rotatable bonds is 12. The maximum atomic E-state index is 13.9. The summed E-state index contributed by atoms with van der Waals surface area (Å²) >= 11 is 0. The van der Waals surface area contributed by atoms with Crippen LogP contribution >= 0.6 is 10.2 Å². The molecule has 0 aliphatic carbocycles. The van der Waals surface area contributed by atoms with Gasteiger partial charge in [0.25, 0.3) is 0 Å². The van der Waals surface area contributed by atoms with Crippen molar-refractivity contribution in [2.75, 3.05) is 6.61 Å². The summed E-state index contributed by atoms with van der Waals surface area (Å²) in [6.45, 7) is 2.64. The lowest BCUT2D eigenvalue weighted by Gasteiger charge is -2.48. The zero-order valence-corrected chi connectivity index (χ0v) is 18.9. The third kappa shape index (κ3) is 6.61. The van der Waals surface area contributed by atoms with E-state index in [4.69, 9.17) is 4.74 Å². The first kappa shape index (κ1) is 27.9. The summed E-state index contributed by atoms with van der Waals surface area (Å²) in [5.74, 6) is -5.63. The molecule has 192 valence electrons. The minimum atomic E-state index is -11.9. The Morgan fingerprint density at radius 3 is 2.06 bits per heavy atom. The van der Waals surface area contributed by atoms with Crippen molar-refractivity contribution in [3.8, 4) is 5.75 Å². The number of hydrogen-bond donors (Lipinski definition) is 0.